The second kappa shape index (κ2) is 25.5. The Morgan fingerprint density at radius 2 is 0.732 bits per heavy atom. The van der Waals surface area contributed by atoms with Crippen molar-refractivity contribution >= 4 is 17.1 Å². The zero-order chi connectivity index (χ0) is 29.1. The molecule has 0 N–H and O–H groups in total. The van der Waals surface area contributed by atoms with Crippen molar-refractivity contribution in [3.05, 3.63) is 54.6 Å². The Labute approximate surface area is 254 Å². The van der Waals surface area contributed by atoms with Crippen LogP contribution in [0.2, 0.25) is 0 Å². The molecule has 0 radical (unpaired) electrons. The molecule has 0 saturated heterocycles. The summed E-state index contributed by atoms with van der Waals surface area (Å²) in [5.41, 5.74) is 3.15. The SMILES string of the molecule is CCCCCCCCCCCCCN(CCCCCCCCCCCCC)c1ccc(N=Nc2ccccc2)cc1. The van der Waals surface area contributed by atoms with Gasteiger partial charge in [0.1, 0.15) is 0 Å². The molecule has 2 aromatic rings. The molecule has 0 aromatic heterocycles. The number of unbranched alkanes of at least 4 members (excludes halogenated alkanes) is 20. The van der Waals surface area contributed by atoms with Gasteiger partial charge in [-0.05, 0) is 49.2 Å². The third-order valence-electron chi connectivity index (χ3n) is 8.32. The molecule has 0 bridgehead atoms. The van der Waals surface area contributed by atoms with E-state index in [0.29, 0.717) is 0 Å². The van der Waals surface area contributed by atoms with Crippen LogP contribution in [0.4, 0.5) is 17.1 Å². The first-order valence-corrected chi connectivity index (χ1v) is 17.6. The average molecular weight is 562 g/mol. The van der Waals surface area contributed by atoms with Crippen LogP contribution in [0.3, 0.4) is 0 Å². The van der Waals surface area contributed by atoms with Gasteiger partial charge >= 0.3 is 0 Å². The van der Waals surface area contributed by atoms with E-state index < -0.39 is 0 Å². The van der Waals surface area contributed by atoms with Gasteiger partial charge in [0.05, 0.1) is 11.4 Å². The van der Waals surface area contributed by atoms with Gasteiger partial charge in [0.15, 0.2) is 0 Å². The van der Waals surface area contributed by atoms with E-state index in [9.17, 15) is 0 Å². The number of rotatable bonds is 27. The fourth-order valence-electron chi connectivity index (χ4n) is 5.64. The third kappa shape index (κ3) is 18.8. The van der Waals surface area contributed by atoms with Crippen molar-refractivity contribution in [2.24, 2.45) is 10.2 Å². The molecule has 0 fully saturated rings. The highest BCUT2D eigenvalue weighted by atomic mass is 15.1. The number of hydrogen-bond acceptors (Lipinski definition) is 3. The lowest BCUT2D eigenvalue weighted by molar-refractivity contribution is 0.538. The summed E-state index contributed by atoms with van der Waals surface area (Å²) < 4.78 is 0. The largest absolute Gasteiger partial charge is 0.372 e. The van der Waals surface area contributed by atoms with Crippen molar-refractivity contribution < 1.29 is 0 Å². The minimum Gasteiger partial charge on any atom is -0.372 e. The molecule has 0 aliphatic rings. The minimum atomic E-state index is 0.895. The average Bonchev–Trinajstić information content (AvgIpc) is 3.01. The van der Waals surface area contributed by atoms with Gasteiger partial charge < -0.3 is 4.90 Å². The summed E-state index contributed by atoms with van der Waals surface area (Å²) in [4.78, 5) is 2.62. The third-order valence-corrected chi connectivity index (χ3v) is 8.32. The van der Waals surface area contributed by atoms with Gasteiger partial charge in [-0.15, -0.1) is 0 Å². The number of benzene rings is 2. The Hall–Kier alpha value is -2.16. The van der Waals surface area contributed by atoms with Gasteiger partial charge in [-0.2, -0.15) is 10.2 Å². The molecule has 0 heterocycles. The van der Waals surface area contributed by atoms with Crippen LogP contribution >= 0.6 is 0 Å². The Morgan fingerprint density at radius 1 is 0.390 bits per heavy atom. The fourth-order valence-corrected chi connectivity index (χ4v) is 5.64. The summed E-state index contributed by atoms with van der Waals surface area (Å²) in [6.45, 7) is 6.93. The van der Waals surface area contributed by atoms with E-state index in [0.717, 1.165) is 11.4 Å². The van der Waals surface area contributed by atoms with E-state index in [2.05, 4.69) is 53.2 Å². The van der Waals surface area contributed by atoms with Crippen LogP contribution in [0.15, 0.2) is 64.8 Å². The van der Waals surface area contributed by atoms with Crippen LogP contribution in [-0.4, -0.2) is 13.1 Å². The van der Waals surface area contributed by atoms with Gasteiger partial charge in [-0.3, -0.25) is 0 Å². The molecule has 0 aliphatic carbocycles. The van der Waals surface area contributed by atoms with Gasteiger partial charge in [-0.25, -0.2) is 0 Å². The normalized spacial score (nSPS) is 11.5. The lowest BCUT2D eigenvalue weighted by Crippen LogP contribution is -2.25. The number of anilines is 1. The van der Waals surface area contributed by atoms with Crippen LogP contribution in [-0.2, 0) is 0 Å². The van der Waals surface area contributed by atoms with Crippen LogP contribution < -0.4 is 4.90 Å². The van der Waals surface area contributed by atoms with E-state index in [1.807, 2.05) is 30.3 Å². The quantitative estimate of drug-likeness (QED) is 0.0787. The van der Waals surface area contributed by atoms with Crippen LogP contribution in [0.25, 0.3) is 0 Å². The van der Waals surface area contributed by atoms with Gasteiger partial charge in [0.2, 0.25) is 0 Å². The Bertz CT molecular complexity index is 820. The molecule has 3 nitrogen and oxygen atoms in total. The maximum Gasteiger partial charge on any atom is 0.0858 e. The summed E-state index contributed by atoms with van der Waals surface area (Å²) in [5.74, 6) is 0. The molecule has 0 amide bonds. The van der Waals surface area contributed by atoms with Crippen molar-refractivity contribution in [2.75, 3.05) is 18.0 Å². The first-order valence-electron chi connectivity index (χ1n) is 17.6. The fraction of sp³-hybridized carbons (Fsp3) is 0.684. The monoisotopic (exact) mass is 562 g/mol. The highest BCUT2D eigenvalue weighted by Gasteiger charge is 2.07. The molecular weight excluding hydrogens is 498 g/mol. The zero-order valence-corrected chi connectivity index (χ0v) is 27.0. The maximum atomic E-state index is 4.45. The molecule has 0 saturated carbocycles. The standard InChI is InChI=1S/C38H63N3/c1-3-5-7-9-11-13-15-17-19-21-26-34-41(35-27-22-20-18-16-14-12-10-8-6-4-2)38-32-30-37(31-33-38)40-39-36-28-24-23-25-29-36/h23-25,28-33H,3-22,26-27,34-35H2,1-2H3. The number of azo groups is 1. The van der Waals surface area contributed by atoms with Crippen molar-refractivity contribution in [2.45, 2.75) is 155 Å². The van der Waals surface area contributed by atoms with Crippen molar-refractivity contribution in [1.29, 1.82) is 0 Å². The predicted molar refractivity (Wildman–Crippen MR) is 182 cm³/mol. The van der Waals surface area contributed by atoms with E-state index in [4.69, 9.17) is 0 Å². The van der Waals surface area contributed by atoms with Crippen LogP contribution in [0.5, 0.6) is 0 Å². The van der Waals surface area contributed by atoms with Gasteiger partial charge in [-0.1, -0.05) is 160 Å². The molecule has 3 heteroatoms. The maximum absolute atomic E-state index is 4.45. The molecular formula is C38H63N3. The Kier molecular flexibility index (Phi) is 21.8. The minimum absolute atomic E-state index is 0.895. The predicted octanol–water partition coefficient (Wildman–Crippen LogP) is 13.5. The first-order chi connectivity index (χ1) is 20.3. The van der Waals surface area contributed by atoms with Crippen LogP contribution in [0, 0.1) is 0 Å². The Balaban J connectivity index is 1.71. The van der Waals surface area contributed by atoms with Crippen LogP contribution in [0.1, 0.15) is 155 Å². The van der Waals surface area contributed by atoms with Crippen molar-refractivity contribution in [1.82, 2.24) is 0 Å². The topological polar surface area (TPSA) is 28.0 Å². The van der Waals surface area contributed by atoms with Gasteiger partial charge in [0.25, 0.3) is 0 Å². The number of hydrogen-bond donors (Lipinski definition) is 0. The second-order valence-corrected chi connectivity index (χ2v) is 12.1. The van der Waals surface area contributed by atoms with E-state index >= 15 is 0 Å². The van der Waals surface area contributed by atoms with Gasteiger partial charge in [0, 0.05) is 18.8 Å². The summed E-state index contributed by atoms with van der Waals surface area (Å²) in [6.07, 6.45) is 30.8. The van der Waals surface area contributed by atoms with E-state index in [-0.39, 0.29) is 0 Å². The highest BCUT2D eigenvalue weighted by molar-refractivity contribution is 5.53. The van der Waals surface area contributed by atoms with E-state index in [1.165, 1.54) is 160 Å². The molecule has 0 aliphatic heterocycles. The summed E-state index contributed by atoms with van der Waals surface area (Å²) in [5, 5.41) is 8.83. The lowest BCUT2D eigenvalue weighted by atomic mass is 10.1. The molecule has 0 spiro atoms. The van der Waals surface area contributed by atoms with Crippen molar-refractivity contribution in [3.8, 4) is 0 Å². The zero-order valence-electron chi connectivity index (χ0n) is 27.0. The second-order valence-electron chi connectivity index (χ2n) is 12.1. The van der Waals surface area contributed by atoms with E-state index in [1.54, 1.807) is 0 Å². The molecule has 41 heavy (non-hydrogen) atoms. The summed E-state index contributed by atoms with van der Waals surface area (Å²) in [7, 11) is 0. The first kappa shape index (κ1) is 35.0. The molecule has 0 atom stereocenters. The summed E-state index contributed by atoms with van der Waals surface area (Å²) >= 11 is 0. The molecule has 0 unspecified atom stereocenters. The lowest BCUT2D eigenvalue weighted by Gasteiger charge is -2.25. The summed E-state index contributed by atoms with van der Waals surface area (Å²) in [6, 6.07) is 18.7. The smallest absolute Gasteiger partial charge is 0.0858 e. The molecule has 2 rings (SSSR count). The van der Waals surface area contributed by atoms with Crippen molar-refractivity contribution in [3.63, 3.8) is 0 Å². The molecule has 2 aromatic carbocycles. The highest BCUT2D eigenvalue weighted by Crippen LogP contribution is 2.24. The number of nitrogens with zero attached hydrogens (tertiary/aromatic N) is 3. The Morgan fingerprint density at radius 3 is 1.12 bits per heavy atom. The molecule has 230 valence electrons.